The molecule has 88 valence electrons. The van der Waals surface area contributed by atoms with Gasteiger partial charge in [0.1, 0.15) is 5.75 Å². The summed E-state index contributed by atoms with van der Waals surface area (Å²) < 4.78 is 5.00. The number of hydrogen-bond acceptors (Lipinski definition) is 4. The van der Waals surface area contributed by atoms with Gasteiger partial charge in [-0.15, -0.1) is 0 Å². The number of ether oxygens (including phenoxy) is 1. The maximum Gasteiger partial charge on any atom is 0.233 e. The Labute approximate surface area is 94.2 Å². The van der Waals surface area contributed by atoms with Gasteiger partial charge in [-0.1, -0.05) is 12.1 Å². The van der Waals surface area contributed by atoms with Crippen LogP contribution in [0.1, 0.15) is 11.7 Å². The van der Waals surface area contributed by atoms with E-state index in [2.05, 4.69) is 5.32 Å². The van der Waals surface area contributed by atoms with Crippen molar-refractivity contribution in [3.05, 3.63) is 29.8 Å². The second-order valence-corrected chi connectivity index (χ2v) is 3.30. The summed E-state index contributed by atoms with van der Waals surface area (Å²) in [5.41, 5.74) is 5.85. The number of benzene rings is 1. The summed E-state index contributed by atoms with van der Waals surface area (Å²) in [6.45, 7) is 0.0810. The highest BCUT2D eigenvalue weighted by atomic mass is 16.5. The van der Waals surface area contributed by atoms with E-state index >= 15 is 0 Å². The predicted octanol–water partition coefficient (Wildman–Crippen LogP) is -0.196. The molecule has 0 aromatic heterocycles. The lowest BCUT2D eigenvalue weighted by Crippen LogP contribution is -2.33. The van der Waals surface area contributed by atoms with Gasteiger partial charge in [-0.05, 0) is 17.7 Å². The third-order valence-corrected chi connectivity index (χ3v) is 2.18. The highest BCUT2D eigenvalue weighted by Crippen LogP contribution is 2.16. The van der Waals surface area contributed by atoms with Crippen molar-refractivity contribution in [1.82, 2.24) is 5.32 Å². The van der Waals surface area contributed by atoms with Gasteiger partial charge in [0, 0.05) is 6.54 Å². The smallest absolute Gasteiger partial charge is 0.233 e. The fourth-order valence-electron chi connectivity index (χ4n) is 1.23. The number of amides is 1. The molecule has 0 aliphatic heterocycles. The van der Waals surface area contributed by atoms with E-state index in [1.54, 1.807) is 31.4 Å². The van der Waals surface area contributed by atoms with Crippen molar-refractivity contribution in [2.24, 2.45) is 5.73 Å². The van der Waals surface area contributed by atoms with Gasteiger partial charge in [-0.25, -0.2) is 0 Å². The van der Waals surface area contributed by atoms with Crippen LogP contribution in [0.5, 0.6) is 5.75 Å². The van der Waals surface area contributed by atoms with E-state index in [1.165, 1.54) is 0 Å². The largest absolute Gasteiger partial charge is 0.497 e. The Hall–Kier alpha value is -1.59. The molecule has 1 aromatic rings. The summed E-state index contributed by atoms with van der Waals surface area (Å²) >= 11 is 0. The van der Waals surface area contributed by atoms with Crippen molar-refractivity contribution in [2.75, 3.05) is 20.2 Å². The molecule has 5 heteroatoms. The van der Waals surface area contributed by atoms with Crippen LogP contribution in [-0.4, -0.2) is 31.2 Å². The van der Waals surface area contributed by atoms with Crippen LogP contribution in [0.4, 0.5) is 0 Å². The Morgan fingerprint density at radius 3 is 2.62 bits per heavy atom. The number of aliphatic hydroxyl groups excluding tert-OH is 1. The van der Waals surface area contributed by atoms with Crippen molar-refractivity contribution in [3.63, 3.8) is 0 Å². The van der Waals surface area contributed by atoms with Crippen LogP contribution in [0, 0.1) is 0 Å². The summed E-state index contributed by atoms with van der Waals surface area (Å²) in [4.78, 5) is 10.9. The average molecular weight is 224 g/mol. The standard InChI is InChI=1S/C11H16N2O3/c1-16-9-4-2-8(3-5-9)10(14)7-13-11(15)6-12/h2-5,10,14H,6-7,12H2,1H3,(H,13,15). The van der Waals surface area contributed by atoms with Crippen molar-refractivity contribution >= 4 is 5.91 Å². The third kappa shape index (κ3) is 3.52. The van der Waals surface area contributed by atoms with Gasteiger partial charge < -0.3 is 20.9 Å². The lowest BCUT2D eigenvalue weighted by Gasteiger charge is -2.12. The summed E-state index contributed by atoms with van der Waals surface area (Å²) in [5.74, 6) is 0.439. The second-order valence-electron chi connectivity index (χ2n) is 3.30. The maximum atomic E-state index is 10.9. The molecule has 0 radical (unpaired) electrons. The Kier molecular flexibility index (Phi) is 4.75. The number of methoxy groups -OCH3 is 1. The van der Waals surface area contributed by atoms with Crippen LogP contribution in [-0.2, 0) is 4.79 Å². The molecule has 0 aliphatic rings. The number of aliphatic hydroxyl groups is 1. The molecular formula is C11H16N2O3. The molecule has 0 fully saturated rings. The van der Waals surface area contributed by atoms with Crippen molar-refractivity contribution < 1.29 is 14.6 Å². The molecule has 1 amide bonds. The zero-order valence-electron chi connectivity index (χ0n) is 9.14. The lowest BCUT2D eigenvalue weighted by molar-refractivity contribution is -0.120. The molecule has 0 heterocycles. The van der Waals surface area contributed by atoms with E-state index in [-0.39, 0.29) is 19.0 Å². The van der Waals surface area contributed by atoms with E-state index in [1.807, 2.05) is 0 Å². The molecule has 0 saturated carbocycles. The Morgan fingerprint density at radius 1 is 1.50 bits per heavy atom. The van der Waals surface area contributed by atoms with E-state index in [4.69, 9.17) is 10.5 Å². The summed E-state index contributed by atoms with van der Waals surface area (Å²) in [5, 5.41) is 12.2. The van der Waals surface area contributed by atoms with Crippen LogP contribution >= 0.6 is 0 Å². The van der Waals surface area contributed by atoms with Crippen LogP contribution in [0.25, 0.3) is 0 Å². The highest BCUT2D eigenvalue weighted by Gasteiger charge is 2.08. The van der Waals surface area contributed by atoms with Crippen molar-refractivity contribution in [3.8, 4) is 5.75 Å². The zero-order valence-corrected chi connectivity index (χ0v) is 9.14. The van der Waals surface area contributed by atoms with Gasteiger partial charge in [-0.2, -0.15) is 0 Å². The van der Waals surface area contributed by atoms with Gasteiger partial charge in [0.15, 0.2) is 0 Å². The van der Waals surface area contributed by atoms with Gasteiger partial charge in [0.05, 0.1) is 19.8 Å². The van der Waals surface area contributed by atoms with Gasteiger partial charge in [0.2, 0.25) is 5.91 Å². The first-order valence-electron chi connectivity index (χ1n) is 4.96. The molecule has 0 aliphatic carbocycles. The summed E-state index contributed by atoms with van der Waals surface area (Å²) in [7, 11) is 1.58. The molecule has 0 spiro atoms. The van der Waals surface area contributed by atoms with Gasteiger partial charge in [-0.3, -0.25) is 4.79 Å². The van der Waals surface area contributed by atoms with E-state index < -0.39 is 6.10 Å². The first kappa shape index (κ1) is 12.5. The molecule has 1 atom stereocenters. The van der Waals surface area contributed by atoms with E-state index in [9.17, 15) is 9.90 Å². The third-order valence-electron chi connectivity index (χ3n) is 2.18. The van der Waals surface area contributed by atoms with Crippen molar-refractivity contribution in [1.29, 1.82) is 0 Å². The number of hydrogen-bond donors (Lipinski definition) is 3. The number of carbonyl (C=O) groups excluding carboxylic acids is 1. The first-order chi connectivity index (χ1) is 7.67. The van der Waals surface area contributed by atoms with Gasteiger partial charge >= 0.3 is 0 Å². The lowest BCUT2D eigenvalue weighted by atomic mass is 10.1. The fraction of sp³-hybridized carbons (Fsp3) is 0.364. The quantitative estimate of drug-likeness (QED) is 0.647. The molecular weight excluding hydrogens is 208 g/mol. The highest BCUT2D eigenvalue weighted by molar-refractivity contribution is 5.77. The Morgan fingerprint density at radius 2 is 2.12 bits per heavy atom. The predicted molar refractivity (Wildman–Crippen MR) is 60.0 cm³/mol. The SMILES string of the molecule is COc1ccc(C(O)CNC(=O)CN)cc1. The topological polar surface area (TPSA) is 84.6 Å². The van der Waals surface area contributed by atoms with Crippen LogP contribution < -0.4 is 15.8 Å². The normalized spacial score (nSPS) is 11.9. The molecule has 1 rings (SSSR count). The minimum absolute atomic E-state index is 0.0741. The summed E-state index contributed by atoms with van der Waals surface area (Å²) in [6, 6.07) is 7.00. The Balaban J connectivity index is 2.52. The molecule has 5 nitrogen and oxygen atoms in total. The minimum Gasteiger partial charge on any atom is -0.497 e. The van der Waals surface area contributed by atoms with Crippen LogP contribution in [0.15, 0.2) is 24.3 Å². The minimum atomic E-state index is -0.735. The number of carbonyl (C=O) groups is 1. The van der Waals surface area contributed by atoms with Gasteiger partial charge in [0.25, 0.3) is 0 Å². The maximum absolute atomic E-state index is 10.9. The molecule has 4 N–H and O–H groups in total. The number of nitrogens with two attached hydrogens (primary N) is 1. The van der Waals surface area contributed by atoms with Crippen LogP contribution in [0.3, 0.4) is 0 Å². The van der Waals surface area contributed by atoms with Crippen molar-refractivity contribution in [2.45, 2.75) is 6.10 Å². The number of rotatable bonds is 5. The summed E-state index contributed by atoms with van der Waals surface area (Å²) in [6.07, 6.45) is -0.735. The Bertz CT molecular complexity index is 338. The zero-order chi connectivity index (χ0) is 12.0. The van der Waals surface area contributed by atoms with E-state index in [0.717, 1.165) is 11.3 Å². The molecule has 1 unspecified atom stereocenters. The molecule has 1 aromatic carbocycles. The molecule has 0 bridgehead atoms. The van der Waals surface area contributed by atoms with E-state index in [0.29, 0.717) is 0 Å². The van der Waals surface area contributed by atoms with Crippen LogP contribution in [0.2, 0.25) is 0 Å². The fourth-order valence-corrected chi connectivity index (χ4v) is 1.23. The molecule has 0 saturated heterocycles. The first-order valence-corrected chi connectivity index (χ1v) is 4.96. The monoisotopic (exact) mass is 224 g/mol. The molecule has 16 heavy (non-hydrogen) atoms. The average Bonchev–Trinajstić information content (AvgIpc) is 2.35. The number of nitrogens with one attached hydrogen (secondary N) is 1. The second kappa shape index (κ2) is 6.09.